The van der Waals surface area contributed by atoms with Crippen molar-refractivity contribution in [1.29, 1.82) is 0 Å². The van der Waals surface area contributed by atoms with Crippen LogP contribution in [0.25, 0.3) is 6.08 Å². The van der Waals surface area contributed by atoms with Gasteiger partial charge in [0.25, 0.3) is 11.8 Å². The van der Waals surface area contributed by atoms with Crippen molar-refractivity contribution in [3.63, 3.8) is 0 Å². The molecule has 2 heterocycles. The first-order chi connectivity index (χ1) is 11.7. The van der Waals surface area contributed by atoms with Gasteiger partial charge >= 0.3 is 0 Å². The predicted molar refractivity (Wildman–Crippen MR) is 102 cm³/mol. The SMILES string of the molecule is CN1C(=O)/C(=C/c2ccc(C(=O)N[C@H]3CCS(=O)(=O)C3)cc2)SC1=S. The predicted octanol–water partition coefficient (Wildman–Crippen LogP) is 1.43. The summed E-state index contributed by atoms with van der Waals surface area (Å²) in [6.07, 6.45) is 2.18. The lowest BCUT2D eigenvalue weighted by Crippen LogP contribution is -2.35. The number of likely N-dealkylation sites (N-methyl/N-ethyl adjacent to an activating group) is 1. The Hall–Kier alpha value is -1.71. The van der Waals surface area contributed by atoms with Crippen molar-refractivity contribution in [3.8, 4) is 0 Å². The average molecular weight is 397 g/mol. The molecule has 2 fully saturated rings. The molecule has 2 aliphatic rings. The van der Waals surface area contributed by atoms with Gasteiger partial charge in [0.1, 0.15) is 4.32 Å². The molecule has 0 saturated carbocycles. The van der Waals surface area contributed by atoms with Crippen molar-refractivity contribution in [1.82, 2.24) is 10.2 Å². The van der Waals surface area contributed by atoms with Crippen LogP contribution < -0.4 is 5.32 Å². The fraction of sp³-hybridized carbons (Fsp3) is 0.312. The molecule has 0 radical (unpaired) electrons. The highest BCUT2D eigenvalue weighted by atomic mass is 32.2. The molecule has 1 atom stereocenters. The largest absolute Gasteiger partial charge is 0.348 e. The zero-order valence-corrected chi connectivity index (χ0v) is 15.8. The molecule has 132 valence electrons. The van der Waals surface area contributed by atoms with Crippen LogP contribution in [0.4, 0.5) is 0 Å². The van der Waals surface area contributed by atoms with Gasteiger partial charge in [0.05, 0.1) is 16.4 Å². The van der Waals surface area contributed by atoms with Crippen LogP contribution in [0.2, 0.25) is 0 Å². The van der Waals surface area contributed by atoms with Crippen LogP contribution in [-0.2, 0) is 14.6 Å². The number of hydrogen-bond acceptors (Lipinski definition) is 6. The van der Waals surface area contributed by atoms with Crippen LogP contribution in [0.5, 0.6) is 0 Å². The maximum Gasteiger partial charge on any atom is 0.265 e. The lowest BCUT2D eigenvalue weighted by Gasteiger charge is -2.10. The second-order valence-corrected chi connectivity index (χ2v) is 9.84. The molecule has 2 amide bonds. The van der Waals surface area contributed by atoms with Gasteiger partial charge in [-0.1, -0.05) is 36.1 Å². The number of amides is 2. The van der Waals surface area contributed by atoms with E-state index in [0.717, 1.165) is 5.56 Å². The standard InChI is InChI=1S/C16H16N2O4S3/c1-18-15(20)13(24-16(18)23)8-10-2-4-11(5-3-10)14(19)17-12-6-7-25(21,22)9-12/h2-5,8,12H,6-7,9H2,1H3,(H,17,19)/b13-8-/t12-/m0/s1. The molecule has 25 heavy (non-hydrogen) atoms. The van der Waals surface area contributed by atoms with Crippen LogP contribution in [0, 0.1) is 0 Å². The first-order valence-corrected chi connectivity index (χ1v) is 10.6. The van der Waals surface area contributed by atoms with Crippen molar-refractivity contribution in [2.45, 2.75) is 12.5 Å². The van der Waals surface area contributed by atoms with E-state index < -0.39 is 9.84 Å². The van der Waals surface area contributed by atoms with Crippen LogP contribution in [0.15, 0.2) is 29.2 Å². The van der Waals surface area contributed by atoms with Gasteiger partial charge in [0.2, 0.25) is 0 Å². The topological polar surface area (TPSA) is 83.6 Å². The Balaban J connectivity index is 1.67. The number of nitrogens with zero attached hydrogens (tertiary/aromatic N) is 1. The molecule has 2 aliphatic heterocycles. The molecule has 0 aliphatic carbocycles. The number of rotatable bonds is 3. The number of carbonyl (C=O) groups excluding carboxylic acids is 2. The summed E-state index contributed by atoms with van der Waals surface area (Å²) in [6.45, 7) is 0. The molecule has 3 rings (SSSR count). The van der Waals surface area contributed by atoms with Crippen molar-refractivity contribution < 1.29 is 18.0 Å². The number of benzene rings is 1. The number of thiocarbonyl (C=S) groups is 1. The minimum absolute atomic E-state index is 0.00428. The first-order valence-electron chi connectivity index (χ1n) is 7.58. The van der Waals surface area contributed by atoms with Crippen molar-refractivity contribution >= 4 is 56.0 Å². The monoisotopic (exact) mass is 396 g/mol. The van der Waals surface area contributed by atoms with Gasteiger partial charge in [0.15, 0.2) is 9.84 Å². The number of sulfone groups is 1. The Morgan fingerprint density at radius 3 is 2.56 bits per heavy atom. The molecule has 2 saturated heterocycles. The lowest BCUT2D eigenvalue weighted by atomic mass is 10.1. The molecular formula is C16H16N2O4S3. The fourth-order valence-electron chi connectivity index (χ4n) is 2.61. The summed E-state index contributed by atoms with van der Waals surface area (Å²) in [6, 6.07) is 6.45. The third kappa shape index (κ3) is 4.10. The zero-order valence-electron chi connectivity index (χ0n) is 13.4. The van der Waals surface area contributed by atoms with Gasteiger partial charge in [0, 0.05) is 18.7 Å². The van der Waals surface area contributed by atoms with E-state index in [0.29, 0.717) is 21.2 Å². The van der Waals surface area contributed by atoms with Gasteiger partial charge in [-0.3, -0.25) is 14.5 Å². The summed E-state index contributed by atoms with van der Waals surface area (Å²) in [7, 11) is -1.39. The summed E-state index contributed by atoms with van der Waals surface area (Å²) in [4.78, 5) is 26.1. The minimum atomic E-state index is -3.03. The van der Waals surface area contributed by atoms with Crippen LogP contribution in [-0.4, -0.2) is 54.0 Å². The smallest absolute Gasteiger partial charge is 0.265 e. The fourth-order valence-corrected chi connectivity index (χ4v) is 5.46. The quantitative estimate of drug-likeness (QED) is 0.615. The molecular weight excluding hydrogens is 380 g/mol. The Kier molecular flexibility index (Phi) is 4.99. The summed E-state index contributed by atoms with van der Waals surface area (Å²) in [5.41, 5.74) is 1.23. The van der Waals surface area contributed by atoms with E-state index in [1.54, 1.807) is 37.4 Å². The van der Waals surface area contributed by atoms with E-state index in [4.69, 9.17) is 12.2 Å². The van der Waals surface area contributed by atoms with Gasteiger partial charge in [-0.05, 0) is 30.2 Å². The van der Waals surface area contributed by atoms with E-state index in [2.05, 4.69) is 5.32 Å². The second-order valence-electron chi connectivity index (χ2n) is 5.94. The highest BCUT2D eigenvalue weighted by Gasteiger charge is 2.30. The molecule has 1 aromatic rings. The van der Waals surface area contributed by atoms with Crippen molar-refractivity contribution in [2.75, 3.05) is 18.6 Å². The minimum Gasteiger partial charge on any atom is -0.348 e. The van der Waals surface area contributed by atoms with Crippen molar-refractivity contribution in [3.05, 3.63) is 40.3 Å². The summed E-state index contributed by atoms with van der Waals surface area (Å²) in [5.74, 6) is -0.324. The highest BCUT2D eigenvalue weighted by molar-refractivity contribution is 8.26. The first kappa shape index (κ1) is 18.1. The molecule has 0 aromatic heterocycles. The van der Waals surface area contributed by atoms with Gasteiger partial charge in [-0.15, -0.1) is 0 Å². The Labute approximate surface area is 155 Å². The molecule has 6 nitrogen and oxygen atoms in total. The van der Waals surface area contributed by atoms with E-state index in [9.17, 15) is 18.0 Å². The summed E-state index contributed by atoms with van der Waals surface area (Å²) in [5, 5.41) is 2.75. The zero-order chi connectivity index (χ0) is 18.2. The number of thioether (sulfide) groups is 1. The number of nitrogens with one attached hydrogen (secondary N) is 1. The van der Waals surface area contributed by atoms with Crippen LogP contribution in [0.3, 0.4) is 0 Å². The molecule has 1 aromatic carbocycles. The van der Waals surface area contributed by atoms with Gasteiger partial charge in [-0.2, -0.15) is 0 Å². The molecule has 1 N–H and O–H groups in total. The number of hydrogen-bond donors (Lipinski definition) is 1. The second kappa shape index (κ2) is 6.89. The number of carbonyl (C=O) groups is 2. The van der Waals surface area contributed by atoms with Gasteiger partial charge < -0.3 is 5.32 Å². The summed E-state index contributed by atoms with van der Waals surface area (Å²) >= 11 is 6.32. The van der Waals surface area contributed by atoms with E-state index in [1.807, 2.05) is 0 Å². The third-order valence-corrected chi connectivity index (χ3v) is 7.28. The molecule has 0 bridgehead atoms. The lowest BCUT2D eigenvalue weighted by molar-refractivity contribution is -0.121. The Bertz CT molecular complexity index is 875. The van der Waals surface area contributed by atoms with E-state index >= 15 is 0 Å². The van der Waals surface area contributed by atoms with Crippen LogP contribution >= 0.6 is 24.0 Å². The molecule has 9 heteroatoms. The Morgan fingerprint density at radius 1 is 1.36 bits per heavy atom. The van der Waals surface area contributed by atoms with E-state index in [1.165, 1.54) is 16.7 Å². The van der Waals surface area contributed by atoms with Crippen LogP contribution in [0.1, 0.15) is 22.3 Å². The summed E-state index contributed by atoms with van der Waals surface area (Å²) < 4.78 is 23.4. The highest BCUT2D eigenvalue weighted by Crippen LogP contribution is 2.31. The van der Waals surface area contributed by atoms with E-state index in [-0.39, 0.29) is 29.4 Å². The third-order valence-electron chi connectivity index (χ3n) is 4.02. The normalized spacial score (nSPS) is 24.1. The van der Waals surface area contributed by atoms with Gasteiger partial charge in [-0.25, -0.2) is 8.42 Å². The Morgan fingerprint density at radius 2 is 2.04 bits per heavy atom. The maximum absolute atomic E-state index is 12.2. The van der Waals surface area contributed by atoms with Crippen molar-refractivity contribution in [2.24, 2.45) is 0 Å². The molecule has 0 spiro atoms. The maximum atomic E-state index is 12.2. The molecule has 0 unspecified atom stereocenters. The average Bonchev–Trinajstić information content (AvgIpc) is 3.02.